The summed E-state index contributed by atoms with van der Waals surface area (Å²) in [4.78, 5) is 12.0. The maximum Gasteiger partial charge on any atom is 0.416 e. The maximum absolute atomic E-state index is 15.5. The summed E-state index contributed by atoms with van der Waals surface area (Å²) in [6.45, 7) is 0.614. The van der Waals surface area contributed by atoms with Crippen LogP contribution in [-0.4, -0.2) is 38.0 Å². The summed E-state index contributed by atoms with van der Waals surface area (Å²) < 4.78 is 93.4. The molecule has 0 spiro atoms. The molecule has 11 heteroatoms. The summed E-state index contributed by atoms with van der Waals surface area (Å²) in [5, 5.41) is 3.30. The minimum atomic E-state index is -4.75. The van der Waals surface area contributed by atoms with E-state index in [9.17, 15) is 30.8 Å². The molecule has 1 saturated carbocycles. The van der Waals surface area contributed by atoms with Crippen molar-refractivity contribution < 1.29 is 35.2 Å². The quantitative estimate of drug-likeness (QED) is 0.537. The van der Waals surface area contributed by atoms with Gasteiger partial charge in [0, 0.05) is 6.04 Å². The lowest BCUT2D eigenvalue weighted by atomic mass is 9.92. The van der Waals surface area contributed by atoms with Gasteiger partial charge in [-0.2, -0.15) is 13.2 Å². The second-order valence-electron chi connectivity index (χ2n) is 9.59. The number of hydrogen-bond donors (Lipinski definition) is 2. The van der Waals surface area contributed by atoms with Gasteiger partial charge in [-0.05, 0) is 86.9 Å². The minimum Gasteiger partial charge on any atom is -0.352 e. The van der Waals surface area contributed by atoms with E-state index in [0.717, 1.165) is 23.8 Å². The second kappa shape index (κ2) is 10.1. The fraction of sp³-hybridized carbons (Fsp3) is 0.480. The summed E-state index contributed by atoms with van der Waals surface area (Å²) in [6, 6.07) is 8.43. The Hall–Kier alpha value is -2.53. The van der Waals surface area contributed by atoms with E-state index in [1.807, 2.05) is 0 Å². The first-order chi connectivity index (χ1) is 16.9. The van der Waals surface area contributed by atoms with Crippen LogP contribution in [0.4, 0.5) is 22.0 Å². The first kappa shape index (κ1) is 26.5. The van der Waals surface area contributed by atoms with Crippen molar-refractivity contribution in [3.8, 4) is 0 Å². The Labute approximate surface area is 206 Å². The molecule has 0 bridgehead atoms. The molecule has 36 heavy (non-hydrogen) atoms. The van der Waals surface area contributed by atoms with Gasteiger partial charge in [-0.3, -0.25) is 4.79 Å². The van der Waals surface area contributed by atoms with Crippen molar-refractivity contribution in [3.05, 3.63) is 65.5 Å². The van der Waals surface area contributed by atoms with Crippen molar-refractivity contribution >= 4 is 15.7 Å². The highest BCUT2D eigenvalue weighted by Gasteiger charge is 2.48. The van der Waals surface area contributed by atoms with Gasteiger partial charge in [-0.15, -0.1) is 0 Å². The van der Waals surface area contributed by atoms with E-state index in [2.05, 4.69) is 10.6 Å². The SMILES string of the molecule is O=C(NC1CCC(F)(S(=O)(=O)c2cccc(C(F)(F)F)c2)CC1)[C@@H]1C[C@@H](Cc2ccc(F)cc2)CN1. The lowest BCUT2D eigenvalue weighted by Crippen LogP contribution is -2.49. The van der Waals surface area contributed by atoms with Crippen molar-refractivity contribution in [1.82, 2.24) is 10.6 Å². The molecule has 0 aromatic heterocycles. The zero-order chi connectivity index (χ0) is 26.1. The number of carbonyl (C=O) groups excluding carboxylic acids is 1. The molecule has 2 aliphatic rings. The Kier molecular flexibility index (Phi) is 7.43. The zero-order valence-corrected chi connectivity index (χ0v) is 20.1. The molecule has 4 rings (SSSR count). The number of hydrogen-bond acceptors (Lipinski definition) is 4. The van der Waals surface area contributed by atoms with Gasteiger partial charge in [0.25, 0.3) is 0 Å². The molecule has 2 fully saturated rings. The number of nitrogens with one attached hydrogen (secondary N) is 2. The highest BCUT2D eigenvalue weighted by atomic mass is 32.2. The molecule has 1 heterocycles. The van der Waals surface area contributed by atoms with E-state index in [-0.39, 0.29) is 30.5 Å². The molecule has 1 saturated heterocycles. The largest absolute Gasteiger partial charge is 0.416 e. The van der Waals surface area contributed by atoms with Crippen LogP contribution in [0, 0.1) is 11.7 Å². The third kappa shape index (κ3) is 5.72. The van der Waals surface area contributed by atoms with E-state index >= 15 is 4.39 Å². The number of benzene rings is 2. The molecular weight excluding hydrogens is 503 g/mol. The normalized spacial score (nSPS) is 27.1. The zero-order valence-electron chi connectivity index (χ0n) is 19.3. The lowest BCUT2D eigenvalue weighted by molar-refractivity contribution is -0.137. The van der Waals surface area contributed by atoms with Gasteiger partial charge in [-0.25, -0.2) is 17.2 Å². The van der Waals surface area contributed by atoms with E-state index < -0.39 is 56.4 Å². The van der Waals surface area contributed by atoms with Crippen LogP contribution >= 0.6 is 0 Å². The van der Waals surface area contributed by atoms with Crippen LogP contribution in [0.5, 0.6) is 0 Å². The summed E-state index contributed by atoms with van der Waals surface area (Å²) in [5.41, 5.74) is -0.187. The molecule has 0 unspecified atom stereocenters. The number of amides is 1. The second-order valence-corrected chi connectivity index (χ2v) is 11.8. The topological polar surface area (TPSA) is 75.3 Å². The molecule has 1 aliphatic heterocycles. The Bertz CT molecular complexity index is 1190. The summed E-state index contributed by atoms with van der Waals surface area (Å²) in [5.74, 6) is -0.379. The molecule has 1 amide bonds. The molecule has 2 N–H and O–H groups in total. The third-order valence-corrected chi connectivity index (χ3v) is 9.25. The Balaban J connectivity index is 1.31. The van der Waals surface area contributed by atoms with Crippen LogP contribution in [0.25, 0.3) is 0 Å². The van der Waals surface area contributed by atoms with E-state index in [1.165, 1.54) is 12.1 Å². The first-order valence-corrected chi connectivity index (χ1v) is 13.2. The van der Waals surface area contributed by atoms with Crippen molar-refractivity contribution in [3.63, 3.8) is 0 Å². The van der Waals surface area contributed by atoms with Crippen LogP contribution in [0.2, 0.25) is 0 Å². The number of carbonyl (C=O) groups is 1. The predicted molar refractivity (Wildman–Crippen MR) is 123 cm³/mol. The predicted octanol–water partition coefficient (Wildman–Crippen LogP) is 4.56. The van der Waals surface area contributed by atoms with Crippen LogP contribution in [0.3, 0.4) is 0 Å². The van der Waals surface area contributed by atoms with Crippen molar-refractivity contribution in [1.29, 1.82) is 0 Å². The highest BCUT2D eigenvalue weighted by Crippen LogP contribution is 2.41. The van der Waals surface area contributed by atoms with Crippen molar-refractivity contribution in [2.75, 3.05) is 6.54 Å². The average molecular weight is 531 g/mol. The van der Waals surface area contributed by atoms with Gasteiger partial charge in [-0.1, -0.05) is 18.2 Å². The van der Waals surface area contributed by atoms with Gasteiger partial charge in [0.15, 0.2) is 0 Å². The van der Waals surface area contributed by atoms with E-state index in [4.69, 9.17) is 0 Å². The molecule has 196 valence electrons. The monoisotopic (exact) mass is 530 g/mol. The summed E-state index contributed by atoms with van der Waals surface area (Å²) in [7, 11) is -4.67. The number of sulfone groups is 1. The van der Waals surface area contributed by atoms with Crippen LogP contribution in [0.15, 0.2) is 53.4 Å². The summed E-state index contributed by atoms with van der Waals surface area (Å²) in [6.07, 6.45) is -4.24. The van der Waals surface area contributed by atoms with Crippen LogP contribution in [-0.2, 0) is 27.2 Å². The summed E-state index contributed by atoms with van der Waals surface area (Å²) >= 11 is 0. The smallest absolute Gasteiger partial charge is 0.352 e. The molecule has 5 nitrogen and oxygen atoms in total. The standard InChI is InChI=1S/C25H27F5N2O3S/c26-19-6-4-16(5-7-19)12-17-13-22(31-15-17)23(33)32-20-8-10-24(27,11-9-20)36(34,35)21-3-1-2-18(14-21)25(28,29)30/h1-7,14,17,20,22,31H,8-13,15H2,(H,32,33)/t17-,20?,22+,24?/m1/s1. The fourth-order valence-corrected chi connectivity index (χ4v) is 6.67. The first-order valence-electron chi connectivity index (χ1n) is 11.8. The van der Waals surface area contributed by atoms with Gasteiger partial charge in [0.05, 0.1) is 16.5 Å². The Morgan fingerprint density at radius 3 is 2.39 bits per heavy atom. The van der Waals surface area contributed by atoms with Crippen molar-refractivity contribution in [2.45, 2.75) is 66.7 Å². The van der Waals surface area contributed by atoms with E-state index in [0.29, 0.717) is 25.5 Å². The minimum absolute atomic E-state index is 0.0478. The van der Waals surface area contributed by atoms with E-state index in [1.54, 1.807) is 12.1 Å². The maximum atomic E-state index is 15.5. The average Bonchev–Trinajstić information content (AvgIpc) is 3.30. The molecular formula is C25H27F5N2O3S. The number of rotatable bonds is 6. The van der Waals surface area contributed by atoms with Crippen LogP contribution < -0.4 is 10.6 Å². The molecule has 2 atom stereocenters. The Morgan fingerprint density at radius 1 is 1.08 bits per heavy atom. The van der Waals surface area contributed by atoms with Crippen LogP contribution in [0.1, 0.15) is 43.2 Å². The third-order valence-electron chi connectivity index (χ3n) is 7.01. The highest BCUT2D eigenvalue weighted by molar-refractivity contribution is 7.92. The fourth-order valence-electron chi connectivity index (χ4n) is 4.93. The molecule has 0 radical (unpaired) electrons. The van der Waals surface area contributed by atoms with Gasteiger partial charge in [0.1, 0.15) is 5.82 Å². The van der Waals surface area contributed by atoms with Crippen molar-refractivity contribution in [2.24, 2.45) is 5.92 Å². The lowest BCUT2D eigenvalue weighted by Gasteiger charge is -2.34. The van der Waals surface area contributed by atoms with Gasteiger partial charge < -0.3 is 10.6 Å². The van der Waals surface area contributed by atoms with Gasteiger partial charge >= 0.3 is 6.18 Å². The van der Waals surface area contributed by atoms with Gasteiger partial charge in [0.2, 0.25) is 20.7 Å². The molecule has 2 aromatic carbocycles. The molecule has 1 aliphatic carbocycles. The number of halogens is 5. The Morgan fingerprint density at radius 2 is 1.75 bits per heavy atom. The number of alkyl halides is 4. The molecule has 2 aromatic rings.